The topological polar surface area (TPSA) is 89.3 Å². The van der Waals surface area contributed by atoms with Crippen LogP contribution in [-0.4, -0.2) is 40.8 Å². The number of sulfone groups is 1. The lowest BCUT2D eigenvalue weighted by Crippen LogP contribution is -2.48. The van der Waals surface area contributed by atoms with E-state index in [4.69, 9.17) is 0 Å². The summed E-state index contributed by atoms with van der Waals surface area (Å²) in [6.07, 6.45) is 3.16. The number of aliphatic carboxylic acids is 1. The Balaban J connectivity index is 2.39. The number of carbonyl (C=O) groups is 1. The van der Waals surface area contributed by atoms with Crippen LogP contribution in [0, 0.1) is 0 Å². The first-order chi connectivity index (χ1) is 7.86. The fraction of sp³-hybridized carbons (Fsp3) is 0.556. The van der Waals surface area contributed by atoms with Crippen LogP contribution in [0.5, 0.6) is 0 Å². The summed E-state index contributed by atoms with van der Waals surface area (Å²) in [6.45, 7) is 0. The second-order valence-electron chi connectivity index (χ2n) is 4.09. The molecule has 0 aromatic carbocycles. The third-order valence-electron chi connectivity index (χ3n) is 3.04. The highest BCUT2D eigenvalue weighted by molar-refractivity contribution is 9.10. The lowest BCUT2D eigenvalue weighted by atomic mass is 9.93. The molecule has 1 aliphatic heterocycles. The van der Waals surface area contributed by atoms with Crippen LogP contribution < -0.4 is 0 Å². The predicted octanol–water partition coefficient (Wildman–Crippen LogP) is 0.634. The highest BCUT2D eigenvalue weighted by atomic mass is 79.9. The Hall–Kier alpha value is -0.890. The minimum atomic E-state index is -3.10. The summed E-state index contributed by atoms with van der Waals surface area (Å²) >= 11 is 3.20. The fourth-order valence-corrected chi connectivity index (χ4v) is 3.74. The predicted molar refractivity (Wildman–Crippen MR) is 63.4 cm³/mol. The number of carboxylic acid groups (broad SMARTS) is 1. The summed E-state index contributed by atoms with van der Waals surface area (Å²) < 4.78 is 24.7. The van der Waals surface area contributed by atoms with Gasteiger partial charge in [-0.25, -0.2) is 13.2 Å². The van der Waals surface area contributed by atoms with Crippen molar-refractivity contribution in [3.63, 3.8) is 0 Å². The summed E-state index contributed by atoms with van der Waals surface area (Å²) in [7, 11) is -3.10. The molecule has 2 heterocycles. The van der Waals surface area contributed by atoms with Crippen molar-refractivity contribution < 1.29 is 18.3 Å². The zero-order valence-electron chi connectivity index (χ0n) is 8.84. The molecule has 1 saturated heterocycles. The van der Waals surface area contributed by atoms with E-state index < -0.39 is 21.3 Å². The second kappa shape index (κ2) is 4.09. The average molecular weight is 323 g/mol. The molecule has 1 N–H and O–H groups in total. The molecule has 0 aliphatic carbocycles. The van der Waals surface area contributed by atoms with E-state index in [1.807, 2.05) is 0 Å². The zero-order valence-corrected chi connectivity index (χ0v) is 11.2. The minimum Gasteiger partial charge on any atom is -0.479 e. The lowest BCUT2D eigenvalue weighted by molar-refractivity contribution is -0.148. The van der Waals surface area contributed by atoms with Gasteiger partial charge in [-0.3, -0.25) is 4.68 Å². The van der Waals surface area contributed by atoms with E-state index in [0.29, 0.717) is 4.47 Å². The zero-order chi connectivity index (χ0) is 12.7. The quantitative estimate of drug-likeness (QED) is 0.862. The Bertz CT molecular complexity index is 537. The van der Waals surface area contributed by atoms with Gasteiger partial charge >= 0.3 is 5.97 Å². The summed E-state index contributed by atoms with van der Waals surface area (Å²) in [5.41, 5.74) is -1.24. The van der Waals surface area contributed by atoms with Gasteiger partial charge in [0.25, 0.3) is 0 Å². The standard InChI is InChI=1S/C9H11BrN2O4S/c10-7-5-11-12(6-7)9(8(13)14)1-3-17(15,16)4-2-9/h5-6H,1-4H2,(H,13,14). The van der Waals surface area contributed by atoms with E-state index >= 15 is 0 Å². The monoisotopic (exact) mass is 322 g/mol. The summed E-state index contributed by atoms with van der Waals surface area (Å²) in [5, 5.41) is 13.3. The van der Waals surface area contributed by atoms with Crippen molar-refractivity contribution in [3.05, 3.63) is 16.9 Å². The molecule has 8 heteroatoms. The van der Waals surface area contributed by atoms with Crippen LogP contribution in [0.1, 0.15) is 12.8 Å². The second-order valence-corrected chi connectivity index (χ2v) is 7.31. The molecule has 1 aromatic heterocycles. The van der Waals surface area contributed by atoms with Crippen molar-refractivity contribution in [2.75, 3.05) is 11.5 Å². The number of hydrogen-bond acceptors (Lipinski definition) is 4. The first-order valence-electron chi connectivity index (χ1n) is 5.00. The molecule has 94 valence electrons. The molecule has 0 bridgehead atoms. The number of aromatic nitrogens is 2. The maximum atomic E-state index is 11.4. The fourth-order valence-electron chi connectivity index (χ4n) is 1.95. The third-order valence-corrected chi connectivity index (χ3v) is 5.10. The molecule has 0 saturated carbocycles. The number of carboxylic acids is 1. The molecule has 17 heavy (non-hydrogen) atoms. The highest BCUT2D eigenvalue weighted by Crippen LogP contribution is 2.32. The number of halogens is 1. The van der Waals surface area contributed by atoms with Crippen molar-refractivity contribution in [1.29, 1.82) is 0 Å². The van der Waals surface area contributed by atoms with Gasteiger partial charge in [-0.1, -0.05) is 0 Å². The average Bonchev–Trinajstić information content (AvgIpc) is 2.65. The van der Waals surface area contributed by atoms with E-state index in [0.717, 1.165) is 0 Å². The van der Waals surface area contributed by atoms with Crippen LogP contribution in [-0.2, 0) is 20.2 Å². The Morgan fingerprint density at radius 1 is 1.47 bits per heavy atom. The van der Waals surface area contributed by atoms with Crippen LogP contribution in [0.3, 0.4) is 0 Å². The highest BCUT2D eigenvalue weighted by Gasteiger charge is 2.46. The molecular weight excluding hydrogens is 312 g/mol. The van der Waals surface area contributed by atoms with Crippen LogP contribution in [0.25, 0.3) is 0 Å². The van der Waals surface area contributed by atoms with E-state index in [1.165, 1.54) is 10.9 Å². The van der Waals surface area contributed by atoms with Crippen molar-refractivity contribution in [3.8, 4) is 0 Å². The van der Waals surface area contributed by atoms with E-state index in [1.54, 1.807) is 6.20 Å². The molecule has 0 spiro atoms. The maximum absolute atomic E-state index is 11.4. The normalized spacial score (nSPS) is 22.2. The third kappa shape index (κ3) is 2.23. The van der Waals surface area contributed by atoms with Gasteiger partial charge in [-0.15, -0.1) is 0 Å². The largest absolute Gasteiger partial charge is 0.479 e. The maximum Gasteiger partial charge on any atom is 0.331 e. The molecule has 0 radical (unpaired) electrons. The molecule has 0 unspecified atom stereocenters. The first-order valence-corrected chi connectivity index (χ1v) is 7.62. The molecule has 1 aliphatic rings. The Morgan fingerprint density at radius 3 is 2.47 bits per heavy atom. The number of hydrogen-bond donors (Lipinski definition) is 1. The van der Waals surface area contributed by atoms with Crippen LogP contribution in [0.2, 0.25) is 0 Å². The van der Waals surface area contributed by atoms with Crippen LogP contribution in [0.15, 0.2) is 16.9 Å². The summed E-state index contributed by atoms with van der Waals surface area (Å²) in [4.78, 5) is 11.4. The van der Waals surface area contributed by atoms with Gasteiger partial charge in [-0.05, 0) is 28.8 Å². The van der Waals surface area contributed by atoms with Gasteiger partial charge < -0.3 is 5.11 Å². The lowest BCUT2D eigenvalue weighted by Gasteiger charge is -2.33. The Kier molecular flexibility index (Phi) is 3.03. The molecule has 2 rings (SSSR count). The molecular formula is C9H11BrN2O4S. The van der Waals surface area contributed by atoms with Gasteiger partial charge in [-0.2, -0.15) is 5.10 Å². The molecule has 0 amide bonds. The molecule has 1 fully saturated rings. The SMILES string of the molecule is O=C(O)C1(n2cc(Br)cn2)CCS(=O)(=O)CC1. The van der Waals surface area contributed by atoms with Gasteiger partial charge in [0.1, 0.15) is 0 Å². The smallest absolute Gasteiger partial charge is 0.331 e. The van der Waals surface area contributed by atoms with E-state index in [9.17, 15) is 18.3 Å². The Morgan fingerprint density at radius 2 is 2.06 bits per heavy atom. The Labute approximate surface area is 107 Å². The van der Waals surface area contributed by atoms with Crippen LogP contribution in [0.4, 0.5) is 0 Å². The van der Waals surface area contributed by atoms with Gasteiger partial charge in [0, 0.05) is 6.20 Å². The molecule has 6 nitrogen and oxygen atoms in total. The van der Waals surface area contributed by atoms with Gasteiger partial charge in [0.15, 0.2) is 15.4 Å². The number of nitrogens with zero attached hydrogens (tertiary/aromatic N) is 2. The van der Waals surface area contributed by atoms with E-state index in [-0.39, 0.29) is 24.3 Å². The summed E-state index contributed by atoms with van der Waals surface area (Å²) in [5.74, 6) is -1.27. The van der Waals surface area contributed by atoms with Gasteiger partial charge in [0.2, 0.25) is 0 Å². The first kappa shape index (κ1) is 12.6. The molecule has 1 aromatic rings. The summed E-state index contributed by atoms with van der Waals surface area (Å²) in [6, 6.07) is 0. The van der Waals surface area contributed by atoms with Gasteiger partial charge in [0.05, 0.1) is 22.2 Å². The van der Waals surface area contributed by atoms with Crippen LogP contribution >= 0.6 is 15.9 Å². The van der Waals surface area contributed by atoms with Crippen molar-refractivity contribution in [1.82, 2.24) is 9.78 Å². The minimum absolute atomic E-state index is 0.0544. The van der Waals surface area contributed by atoms with Crippen molar-refractivity contribution in [2.45, 2.75) is 18.4 Å². The molecule has 0 atom stereocenters. The van der Waals surface area contributed by atoms with Crippen molar-refractivity contribution >= 4 is 31.7 Å². The van der Waals surface area contributed by atoms with Crippen molar-refractivity contribution in [2.24, 2.45) is 0 Å². The van der Waals surface area contributed by atoms with E-state index in [2.05, 4.69) is 21.0 Å². The number of rotatable bonds is 2.